The van der Waals surface area contributed by atoms with E-state index in [4.69, 9.17) is 34.2 Å². The van der Waals surface area contributed by atoms with Gasteiger partial charge in [0, 0.05) is 22.4 Å². The van der Waals surface area contributed by atoms with Crippen LogP contribution >= 0.6 is 18.8 Å². The van der Waals surface area contributed by atoms with Crippen molar-refractivity contribution in [2.24, 2.45) is 5.92 Å². The predicted octanol–water partition coefficient (Wildman–Crippen LogP) is 2.38. The Balaban J connectivity index is -0.00000000256. The summed E-state index contributed by atoms with van der Waals surface area (Å²) < 4.78 is 0. The minimum absolute atomic E-state index is 0. The van der Waals surface area contributed by atoms with Crippen LogP contribution in [0.15, 0.2) is 0 Å². The Kier molecular flexibility index (Phi) is 1630. The third-order valence-corrected chi connectivity index (χ3v) is 0. The second-order valence-electron chi connectivity index (χ2n) is 2.10. The van der Waals surface area contributed by atoms with Crippen LogP contribution in [0, 0.1) is 29.9 Å². The third-order valence-electron chi connectivity index (χ3n) is 0. The molecule has 0 atom stereocenters. The Morgan fingerprint density at radius 2 is 0.938 bits per heavy atom. The van der Waals surface area contributed by atoms with Crippen LogP contribution in [0.3, 0.4) is 0 Å². The molecule has 0 rings (SSSR count). The van der Waals surface area contributed by atoms with Crippen LogP contribution in [0.5, 0.6) is 0 Å². The summed E-state index contributed by atoms with van der Waals surface area (Å²) in [5.41, 5.74) is 0. The summed E-state index contributed by atoms with van der Waals surface area (Å²) in [6, 6.07) is 0. The Hall–Kier alpha value is 3.42. The average Bonchev–Trinajstić information content (AvgIpc) is 2.23. The molecule has 21 heteroatoms. The minimum atomic E-state index is -1.50. The number of nitrogens with two attached hydrogens (primary N) is 6. The van der Waals surface area contributed by atoms with Gasteiger partial charge in [0.05, 0.1) is 0 Å². The van der Waals surface area contributed by atoms with E-state index in [0.717, 1.165) is 0 Å². The van der Waals surface area contributed by atoms with Crippen molar-refractivity contribution in [3.63, 3.8) is 0 Å². The average molecular weight is 1150 g/mol. The second kappa shape index (κ2) is 295. The summed E-state index contributed by atoms with van der Waals surface area (Å²) in [4.78, 5) is 8.36. The molecule has 0 aromatic rings. The van der Waals surface area contributed by atoms with E-state index in [1.165, 1.54) is 6.42 Å². The van der Waals surface area contributed by atoms with E-state index in [0.29, 0.717) is 5.92 Å². The van der Waals surface area contributed by atoms with Crippen molar-refractivity contribution in [3.05, 3.63) is 60.9 Å². The maximum absolute atomic E-state index is 8.36. The number of halogens is 2. The number of rotatable bonds is 0. The van der Waals surface area contributed by atoms with E-state index in [9.17, 15) is 0 Å². The van der Waals surface area contributed by atoms with E-state index < -0.39 is 21.6 Å². The quantitative estimate of drug-likeness (QED) is 0.165. The van der Waals surface area contributed by atoms with Gasteiger partial charge in [-0.15, -0.1) is 17.0 Å². The summed E-state index contributed by atoms with van der Waals surface area (Å²) in [6.45, 7) is 21.2. The monoisotopic (exact) mass is 1150 g/mol. The van der Waals surface area contributed by atoms with Crippen LogP contribution in [0.1, 0.15) is 56.3 Å². The summed E-state index contributed by atoms with van der Waals surface area (Å²) in [5.74, 6) is 0.333. The third kappa shape index (κ3) is 3000. The first kappa shape index (κ1) is 176. The second-order valence-corrected chi connectivity index (χ2v) is 5.38. The Labute approximate surface area is 284 Å². The first-order valence-electron chi connectivity index (χ1n) is 5.61. The SMILES string of the molecule is CC.CC.CCC.O.O.O=[N+]([O-])O.[Ag].[CH2-]C([CH2-])C.[Cl][Pt+2][Cl].[H-].[Li+].[Li+].[NH2-].[NH2-].[NH2-].[NH2-].[NH2-].[NH2-].[OH-].[Pt+2].[Pt+4]. The van der Waals surface area contributed by atoms with Crippen LogP contribution in [0.2, 0.25) is 0 Å². The summed E-state index contributed by atoms with van der Waals surface area (Å²) >= 11 is -0.472. The zero-order chi connectivity index (χ0) is 16.6. The molecule has 0 unspecified atom stereocenters. The van der Waals surface area contributed by atoms with Crippen molar-refractivity contribution in [1.82, 2.24) is 0 Å². The van der Waals surface area contributed by atoms with Crippen LogP contribution in [-0.2, 0) is 81.0 Å². The zero-order valence-electron chi connectivity index (χ0n) is 21.3. The molecule has 0 aromatic carbocycles. The molecule has 0 saturated heterocycles. The number of hydrogen-bond acceptors (Lipinski definition) is 3. The van der Waals surface area contributed by atoms with Crippen LogP contribution in [-0.4, -0.2) is 26.7 Å². The van der Waals surface area contributed by atoms with E-state index in [1.54, 1.807) is 0 Å². The van der Waals surface area contributed by atoms with Gasteiger partial charge in [0.1, 0.15) is 0 Å². The normalized spacial score (nSPS) is 3.50. The first-order chi connectivity index (χ1) is 8.29. The summed E-state index contributed by atoms with van der Waals surface area (Å²) in [5, 5.41) is 13.6. The van der Waals surface area contributed by atoms with Crippen molar-refractivity contribution >= 4 is 18.8 Å². The molecule has 0 aliphatic heterocycles. The van der Waals surface area contributed by atoms with Crippen molar-refractivity contribution in [2.45, 2.75) is 54.9 Å². The molecule has 219 valence electrons. The Bertz CT molecular complexity index is 146. The van der Waals surface area contributed by atoms with E-state index in [2.05, 4.69) is 27.7 Å². The molecule has 0 saturated carbocycles. The van der Waals surface area contributed by atoms with Crippen LogP contribution < -0.4 is 37.7 Å². The van der Waals surface area contributed by atoms with E-state index in [1.807, 2.05) is 34.6 Å². The van der Waals surface area contributed by atoms with Crippen molar-refractivity contribution in [1.29, 1.82) is 0 Å². The number of hydrogen-bond donors (Lipinski definition) is 1. The molecule has 0 fully saturated rings. The summed E-state index contributed by atoms with van der Waals surface area (Å²) in [7, 11) is 9.75. The number of nitrogens with zero attached hydrogens (tertiary/aromatic N) is 1. The van der Waals surface area contributed by atoms with Gasteiger partial charge in [0.25, 0.3) is 5.09 Å². The van der Waals surface area contributed by atoms with E-state index >= 15 is 0 Å². The van der Waals surface area contributed by atoms with Gasteiger partial charge in [-0.2, -0.15) is 0 Å². The fourth-order valence-corrected chi connectivity index (χ4v) is 0. The molecule has 0 spiro atoms. The smallest absolute Gasteiger partial charge is 1.00 e. The maximum atomic E-state index is 8.36. The van der Waals surface area contributed by atoms with Gasteiger partial charge in [0.2, 0.25) is 0 Å². The molecule has 1 radical (unpaired) electrons. The van der Waals surface area contributed by atoms with Gasteiger partial charge >= 0.3 is 115 Å². The molecule has 32 heavy (non-hydrogen) atoms. The zero-order valence-corrected chi connectivity index (χ0v) is 30.1. The van der Waals surface area contributed by atoms with Crippen LogP contribution in [0.25, 0.3) is 36.9 Å². The summed E-state index contributed by atoms with van der Waals surface area (Å²) in [6.07, 6.45) is 1.25. The topological polar surface area (TPSA) is 357 Å². The van der Waals surface area contributed by atoms with Crippen molar-refractivity contribution in [2.75, 3.05) is 0 Å². The van der Waals surface area contributed by atoms with Gasteiger partial charge in [-0.3, -0.25) is 0 Å². The molecular formula is C11H47AgCl2Li2N7O6Pt3. The molecule has 0 aliphatic carbocycles. The van der Waals surface area contributed by atoms with Gasteiger partial charge < -0.3 is 79.7 Å². The molecular weight excluding hydrogens is 1100 g/mol. The molecule has 0 aliphatic rings. The first-order valence-corrected chi connectivity index (χ1v) is 11.2. The molecule has 18 N–H and O–H groups in total. The molecule has 0 amide bonds. The molecule has 0 heterocycles. The van der Waals surface area contributed by atoms with Gasteiger partial charge in [0.15, 0.2) is 0 Å². The molecule has 13 nitrogen and oxygen atoms in total. The standard InChI is InChI=1S/C4H8.C3H8.2C2H6.Ag.2ClH.2Li.HNO3.6H2N.3H2O.3Pt.H/c1-4(2)3;1-3-2;2*1-2;;;;;;2-1(3)4;;;;;;;;;;;;;/h4H,1-2H2,3H3;3H2,1-2H3;2*1-2H3;;2*1H;;;(H,2,3,4);9*1H2;;;;/q-2;;;;;;;2*+1;;6*-1;;;;+2;2*+4;-1/p-3. The fraction of sp³-hybridized carbons (Fsp3) is 0.818. The van der Waals surface area contributed by atoms with Gasteiger partial charge in [-0.1, -0.05) is 48.0 Å². The Morgan fingerprint density at radius 1 is 0.938 bits per heavy atom. The Morgan fingerprint density at radius 3 is 0.938 bits per heavy atom. The minimum Gasteiger partial charge on any atom is -1.00 e. The molecule has 0 bridgehead atoms. The maximum Gasteiger partial charge on any atom is 4.00 e. The van der Waals surface area contributed by atoms with Crippen LogP contribution in [0.4, 0.5) is 0 Å². The fourth-order valence-electron chi connectivity index (χ4n) is 0. The van der Waals surface area contributed by atoms with Crippen molar-refractivity contribution in [3.8, 4) is 0 Å². The van der Waals surface area contributed by atoms with E-state index in [-0.39, 0.29) is 157 Å². The largest absolute Gasteiger partial charge is 4.00 e. The molecule has 0 aromatic heterocycles. The van der Waals surface area contributed by atoms with Gasteiger partial charge in [-0.05, 0) is 0 Å². The van der Waals surface area contributed by atoms with Crippen molar-refractivity contribution < 1.29 is 147 Å². The van der Waals surface area contributed by atoms with Gasteiger partial charge in [-0.25, -0.2) is 0 Å². The predicted molar refractivity (Wildman–Crippen MR) is 121 cm³/mol.